The number of hydrogen-bond donors (Lipinski definition) is 2. The topological polar surface area (TPSA) is 94.9 Å². The van der Waals surface area contributed by atoms with Crippen LogP contribution in [0.1, 0.15) is 26.4 Å². The van der Waals surface area contributed by atoms with Crippen molar-refractivity contribution in [1.29, 1.82) is 5.26 Å². The Kier molecular flexibility index (Phi) is 5.21. The zero-order chi connectivity index (χ0) is 16.7. The molecule has 6 heteroatoms. The van der Waals surface area contributed by atoms with Gasteiger partial charge >= 0.3 is 0 Å². The minimum atomic E-state index is -0.460. The average molecular weight is 306 g/mol. The molecule has 6 nitrogen and oxygen atoms in total. The third-order valence-corrected chi connectivity index (χ3v) is 2.91. The summed E-state index contributed by atoms with van der Waals surface area (Å²) in [7, 11) is 0. The summed E-state index contributed by atoms with van der Waals surface area (Å²) in [6.07, 6.45) is 2.96. The summed E-state index contributed by atoms with van der Waals surface area (Å²) in [5.41, 5.74) is 1.36. The first-order valence-electron chi connectivity index (χ1n) is 6.80. The Balaban J connectivity index is 2.14. The van der Waals surface area contributed by atoms with Crippen LogP contribution < -0.4 is 10.6 Å². The number of rotatable bonds is 5. The van der Waals surface area contributed by atoms with Crippen LogP contribution in [0.15, 0.2) is 55.3 Å². The molecular weight excluding hydrogens is 292 g/mol. The van der Waals surface area contributed by atoms with Crippen molar-refractivity contribution in [2.75, 3.05) is 11.9 Å². The van der Waals surface area contributed by atoms with Crippen molar-refractivity contribution in [2.24, 2.45) is 0 Å². The standard InChI is InChI=1S/C17H14N4O2/c1-2-7-20-16(22)13-6-8-19-15(10-13)17(23)21-14-5-3-4-12(9-14)11-18/h2-6,8-10H,1,7H2,(H,20,22)(H,21,23). The molecule has 0 atom stereocenters. The Morgan fingerprint density at radius 2 is 2.09 bits per heavy atom. The van der Waals surface area contributed by atoms with Crippen molar-refractivity contribution in [3.63, 3.8) is 0 Å². The molecule has 1 aromatic carbocycles. The molecule has 0 spiro atoms. The van der Waals surface area contributed by atoms with E-state index in [1.54, 1.807) is 30.3 Å². The molecule has 2 N–H and O–H groups in total. The van der Waals surface area contributed by atoms with E-state index in [0.29, 0.717) is 23.4 Å². The van der Waals surface area contributed by atoms with Crippen LogP contribution in [0.4, 0.5) is 5.69 Å². The van der Waals surface area contributed by atoms with E-state index in [4.69, 9.17) is 5.26 Å². The van der Waals surface area contributed by atoms with Gasteiger partial charge in [-0.1, -0.05) is 12.1 Å². The summed E-state index contributed by atoms with van der Waals surface area (Å²) in [6.45, 7) is 3.86. The molecule has 0 saturated heterocycles. The Hall–Kier alpha value is -3.46. The van der Waals surface area contributed by atoms with Crippen molar-refractivity contribution in [3.05, 3.63) is 72.1 Å². The smallest absolute Gasteiger partial charge is 0.274 e. The molecule has 0 radical (unpaired) electrons. The van der Waals surface area contributed by atoms with Crippen LogP contribution in [-0.4, -0.2) is 23.3 Å². The zero-order valence-electron chi connectivity index (χ0n) is 12.2. The van der Waals surface area contributed by atoms with Gasteiger partial charge in [0.2, 0.25) is 0 Å². The highest BCUT2D eigenvalue weighted by Gasteiger charge is 2.12. The number of carbonyl (C=O) groups is 2. The Bertz CT molecular complexity index is 793. The zero-order valence-corrected chi connectivity index (χ0v) is 12.2. The van der Waals surface area contributed by atoms with E-state index >= 15 is 0 Å². The molecular formula is C17H14N4O2. The predicted octanol–water partition coefficient (Wildman–Crippen LogP) is 2.12. The Morgan fingerprint density at radius 3 is 2.83 bits per heavy atom. The molecule has 114 valence electrons. The van der Waals surface area contributed by atoms with Crippen LogP contribution in [0.25, 0.3) is 0 Å². The first kappa shape index (κ1) is 15.9. The summed E-state index contributed by atoms with van der Waals surface area (Å²) in [6, 6.07) is 11.4. The highest BCUT2D eigenvalue weighted by molar-refractivity contribution is 6.04. The van der Waals surface area contributed by atoms with Gasteiger partial charge in [-0.15, -0.1) is 6.58 Å². The van der Waals surface area contributed by atoms with E-state index in [2.05, 4.69) is 22.2 Å². The highest BCUT2D eigenvalue weighted by atomic mass is 16.2. The largest absolute Gasteiger partial charge is 0.349 e. The summed E-state index contributed by atoms with van der Waals surface area (Å²) < 4.78 is 0. The van der Waals surface area contributed by atoms with Gasteiger partial charge in [-0.25, -0.2) is 0 Å². The average Bonchev–Trinajstić information content (AvgIpc) is 2.59. The SMILES string of the molecule is C=CCNC(=O)c1ccnc(C(=O)Nc2cccc(C#N)c2)c1. The number of nitrogens with one attached hydrogen (secondary N) is 2. The normalized spacial score (nSPS) is 9.52. The number of benzene rings is 1. The van der Waals surface area contributed by atoms with Gasteiger partial charge in [-0.05, 0) is 30.3 Å². The molecule has 0 fully saturated rings. The van der Waals surface area contributed by atoms with Crippen LogP contribution in [-0.2, 0) is 0 Å². The van der Waals surface area contributed by atoms with Gasteiger partial charge in [0.05, 0.1) is 11.6 Å². The number of carbonyl (C=O) groups excluding carboxylic acids is 2. The molecule has 2 rings (SSSR count). The summed E-state index contributed by atoms with van der Waals surface area (Å²) >= 11 is 0. The fourth-order valence-corrected chi connectivity index (χ4v) is 1.82. The number of amides is 2. The lowest BCUT2D eigenvalue weighted by Gasteiger charge is -2.07. The van der Waals surface area contributed by atoms with Gasteiger partial charge < -0.3 is 10.6 Å². The van der Waals surface area contributed by atoms with E-state index in [1.165, 1.54) is 18.3 Å². The number of anilines is 1. The number of nitriles is 1. The van der Waals surface area contributed by atoms with Gasteiger partial charge in [0.1, 0.15) is 5.69 Å². The van der Waals surface area contributed by atoms with E-state index in [1.807, 2.05) is 6.07 Å². The van der Waals surface area contributed by atoms with Crippen LogP contribution >= 0.6 is 0 Å². The second kappa shape index (κ2) is 7.52. The summed E-state index contributed by atoms with van der Waals surface area (Å²) in [5, 5.41) is 14.1. The molecule has 0 bridgehead atoms. The fraction of sp³-hybridized carbons (Fsp3) is 0.0588. The van der Waals surface area contributed by atoms with Gasteiger partial charge in [-0.3, -0.25) is 14.6 Å². The van der Waals surface area contributed by atoms with Crippen molar-refractivity contribution in [2.45, 2.75) is 0 Å². The monoisotopic (exact) mass is 306 g/mol. The predicted molar refractivity (Wildman–Crippen MR) is 85.9 cm³/mol. The lowest BCUT2D eigenvalue weighted by molar-refractivity contribution is 0.0958. The van der Waals surface area contributed by atoms with Crippen molar-refractivity contribution >= 4 is 17.5 Å². The lowest BCUT2D eigenvalue weighted by Crippen LogP contribution is -2.24. The molecule has 23 heavy (non-hydrogen) atoms. The lowest BCUT2D eigenvalue weighted by atomic mass is 10.2. The minimum absolute atomic E-state index is 0.110. The number of hydrogen-bond acceptors (Lipinski definition) is 4. The maximum absolute atomic E-state index is 12.2. The number of pyridine rings is 1. The molecule has 1 aromatic heterocycles. The molecule has 0 aliphatic rings. The van der Waals surface area contributed by atoms with Crippen molar-refractivity contribution in [3.8, 4) is 6.07 Å². The third kappa shape index (κ3) is 4.25. The maximum Gasteiger partial charge on any atom is 0.274 e. The second-order valence-corrected chi connectivity index (χ2v) is 4.58. The minimum Gasteiger partial charge on any atom is -0.349 e. The molecule has 0 aliphatic heterocycles. The molecule has 1 heterocycles. The number of aromatic nitrogens is 1. The van der Waals surface area contributed by atoms with Gasteiger partial charge in [-0.2, -0.15) is 5.26 Å². The van der Waals surface area contributed by atoms with Gasteiger partial charge in [0.15, 0.2) is 0 Å². The van der Waals surface area contributed by atoms with Gasteiger partial charge in [0.25, 0.3) is 11.8 Å². The Morgan fingerprint density at radius 1 is 1.26 bits per heavy atom. The van der Waals surface area contributed by atoms with Crippen molar-refractivity contribution < 1.29 is 9.59 Å². The van der Waals surface area contributed by atoms with E-state index < -0.39 is 5.91 Å². The summed E-state index contributed by atoms with van der Waals surface area (Å²) in [5.74, 6) is -0.772. The quantitative estimate of drug-likeness (QED) is 0.827. The molecule has 0 unspecified atom stereocenters. The third-order valence-electron chi connectivity index (χ3n) is 2.91. The Labute approximate surface area is 133 Å². The number of nitrogens with zero attached hydrogens (tertiary/aromatic N) is 2. The molecule has 2 amide bonds. The maximum atomic E-state index is 12.2. The molecule has 0 saturated carbocycles. The van der Waals surface area contributed by atoms with E-state index in [0.717, 1.165) is 0 Å². The van der Waals surface area contributed by atoms with Crippen LogP contribution in [0.5, 0.6) is 0 Å². The van der Waals surface area contributed by atoms with E-state index in [-0.39, 0.29) is 11.6 Å². The second-order valence-electron chi connectivity index (χ2n) is 4.58. The first-order valence-corrected chi connectivity index (χ1v) is 6.80. The summed E-state index contributed by atoms with van der Waals surface area (Å²) in [4.78, 5) is 28.0. The van der Waals surface area contributed by atoms with E-state index in [9.17, 15) is 9.59 Å². The first-order chi connectivity index (χ1) is 11.1. The van der Waals surface area contributed by atoms with Crippen LogP contribution in [0.2, 0.25) is 0 Å². The van der Waals surface area contributed by atoms with Crippen LogP contribution in [0.3, 0.4) is 0 Å². The fourth-order valence-electron chi connectivity index (χ4n) is 1.82. The highest BCUT2D eigenvalue weighted by Crippen LogP contribution is 2.11. The van der Waals surface area contributed by atoms with Gasteiger partial charge in [0, 0.05) is 24.0 Å². The van der Waals surface area contributed by atoms with Crippen LogP contribution in [0, 0.1) is 11.3 Å². The molecule has 2 aromatic rings. The van der Waals surface area contributed by atoms with Crippen molar-refractivity contribution in [1.82, 2.24) is 10.3 Å². The molecule has 0 aliphatic carbocycles.